The summed E-state index contributed by atoms with van der Waals surface area (Å²) in [7, 11) is 0. The Morgan fingerprint density at radius 2 is 1.96 bits per heavy atom. The molecule has 2 N–H and O–H groups in total. The lowest BCUT2D eigenvalue weighted by molar-refractivity contribution is 0.0730. The second-order valence-corrected chi connectivity index (χ2v) is 6.48. The average molecular weight is 337 g/mol. The molecule has 0 bridgehead atoms. The van der Waals surface area contributed by atoms with Crippen LogP contribution in [0.2, 0.25) is 0 Å². The van der Waals surface area contributed by atoms with Crippen LogP contribution in [0.5, 0.6) is 0 Å². The number of hydrogen-bond donors (Lipinski definition) is 2. The first-order valence-electron chi connectivity index (χ1n) is 8.49. The summed E-state index contributed by atoms with van der Waals surface area (Å²) in [6, 6.07) is 3.21. The smallest absolute Gasteiger partial charge is 0.317 e. The van der Waals surface area contributed by atoms with E-state index in [1.54, 1.807) is 21.9 Å². The molecule has 0 aromatic carbocycles. The highest BCUT2D eigenvalue weighted by atomic mass is 16.3. The van der Waals surface area contributed by atoms with Crippen molar-refractivity contribution in [1.29, 1.82) is 0 Å². The van der Waals surface area contributed by atoms with Crippen molar-refractivity contribution in [2.24, 2.45) is 11.8 Å². The average Bonchev–Trinajstić information content (AvgIpc) is 2.98. The van der Waals surface area contributed by atoms with Crippen molar-refractivity contribution in [3.63, 3.8) is 0 Å². The van der Waals surface area contributed by atoms with E-state index in [1.807, 2.05) is 13.8 Å². The molecule has 1 aliphatic heterocycles. The zero-order valence-corrected chi connectivity index (χ0v) is 14.4. The molecule has 134 valence electrons. The van der Waals surface area contributed by atoms with Crippen molar-refractivity contribution in [3.05, 3.63) is 24.2 Å². The van der Waals surface area contributed by atoms with Crippen LogP contribution in [-0.4, -0.2) is 66.2 Å². The highest BCUT2D eigenvalue weighted by molar-refractivity contribution is 5.91. The van der Waals surface area contributed by atoms with Crippen molar-refractivity contribution in [2.75, 3.05) is 39.3 Å². The van der Waals surface area contributed by atoms with E-state index < -0.39 is 0 Å². The Morgan fingerprint density at radius 1 is 1.25 bits per heavy atom. The molecule has 2 rings (SSSR count). The van der Waals surface area contributed by atoms with Crippen LogP contribution >= 0.6 is 0 Å². The molecule has 0 radical (unpaired) electrons. The predicted octanol–water partition coefficient (Wildman–Crippen LogP) is 1.40. The Kier molecular flexibility index (Phi) is 6.66. The minimum atomic E-state index is -0.138. The number of amides is 3. The molecular weight excluding hydrogens is 310 g/mol. The van der Waals surface area contributed by atoms with Gasteiger partial charge < -0.3 is 24.6 Å². The van der Waals surface area contributed by atoms with Crippen molar-refractivity contribution in [1.82, 2.24) is 15.1 Å². The summed E-state index contributed by atoms with van der Waals surface area (Å²) in [5.41, 5.74) is 0. The second kappa shape index (κ2) is 8.73. The molecule has 7 nitrogen and oxygen atoms in total. The monoisotopic (exact) mass is 337 g/mol. The summed E-state index contributed by atoms with van der Waals surface area (Å²) in [5, 5.41) is 12.2. The number of carbonyl (C=O) groups is 2. The Bertz CT molecular complexity index is 530. The Labute approximate surface area is 142 Å². The molecule has 1 atom stereocenters. The number of carbonyl (C=O) groups excluding carboxylic acids is 2. The normalized spacial score (nSPS) is 16.8. The molecule has 0 spiro atoms. The number of aliphatic hydroxyl groups excluding tert-OH is 1. The first-order valence-corrected chi connectivity index (χ1v) is 8.49. The zero-order chi connectivity index (χ0) is 17.5. The van der Waals surface area contributed by atoms with Gasteiger partial charge in [-0.1, -0.05) is 13.8 Å². The lowest BCUT2D eigenvalue weighted by Crippen LogP contribution is -2.44. The highest BCUT2D eigenvalue weighted by Crippen LogP contribution is 2.11. The molecule has 1 aromatic heterocycles. The molecule has 0 aliphatic carbocycles. The maximum Gasteiger partial charge on any atom is 0.317 e. The van der Waals surface area contributed by atoms with Crippen molar-refractivity contribution in [2.45, 2.75) is 20.3 Å². The van der Waals surface area contributed by atoms with Crippen molar-refractivity contribution < 1.29 is 19.1 Å². The lowest BCUT2D eigenvalue weighted by atomic mass is 9.97. The third-order valence-corrected chi connectivity index (χ3v) is 4.50. The topological polar surface area (TPSA) is 86.0 Å². The minimum absolute atomic E-state index is 0.0537. The molecular formula is C17H27N3O4. The first kappa shape index (κ1) is 18.3. The quantitative estimate of drug-likeness (QED) is 0.850. The van der Waals surface area contributed by atoms with Crippen LogP contribution < -0.4 is 5.32 Å². The fraction of sp³-hybridized carbons (Fsp3) is 0.647. The standard InChI is InChI=1S/C17H27N3O4/c1-13(2)14(12-21)11-18-17(23)20-7-4-6-19(8-9-20)16(22)15-5-3-10-24-15/h3,5,10,13-14,21H,4,6-9,11-12H2,1-2H3,(H,18,23). The fourth-order valence-corrected chi connectivity index (χ4v) is 2.72. The number of nitrogens with zero attached hydrogens (tertiary/aromatic N) is 2. The molecule has 2 heterocycles. The number of nitrogens with one attached hydrogen (secondary N) is 1. The maximum atomic E-state index is 12.3. The van der Waals surface area contributed by atoms with E-state index in [9.17, 15) is 14.7 Å². The molecule has 0 saturated carbocycles. The van der Waals surface area contributed by atoms with Gasteiger partial charge in [-0.3, -0.25) is 4.79 Å². The SMILES string of the molecule is CC(C)C(CO)CNC(=O)N1CCCN(C(=O)c2ccco2)CC1. The summed E-state index contributed by atoms with van der Waals surface area (Å²) in [5.74, 6) is 0.553. The van der Waals surface area contributed by atoms with Gasteiger partial charge in [-0.25, -0.2) is 4.79 Å². The van der Waals surface area contributed by atoms with E-state index in [0.717, 1.165) is 6.42 Å². The summed E-state index contributed by atoms with van der Waals surface area (Å²) >= 11 is 0. The van der Waals surface area contributed by atoms with Gasteiger partial charge in [-0.2, -0.15) is 0 Å². The van der Waals surface area contributed by atoms with Crippen LogP contribution in [-0.2, 0) is 0 Å². The minimum Gasteiger partial charge on any atom is -0.459 e. The number of rotatable bonds is 5. The van der Waals surface area contributed by atoms with E-state index in [2.05, 4.69) is 5.32 Å². The summed E-state index contributed by atoms with van der Waals surface area (Å²) in [6.07, 6.45) is 2.21. The number of urea groups is 1. The summed E-state index contributed by atoms with van der Waals surface area (Å²) < 4.78 is 5.16. The van der Waals surface area contributed by atoms with Crippen LogP contribution in [0.15, 0.2) is 22.8 Å². The number of furan rings is 1. The zero-order valence-electron chi connectivity index (χ0n) is 14.4. The Hall–Kier alpha value is -2.02. The lowest BCUT2D eigenvalue weighted by Gasteiger charge is -2.24. The molecule has 1 unspecified atom stereocenters. The van der Waals surface area contributed by atoms with E-state index in [4.69, 9.17) is 4.42 Å². The summed E-state index contributed by atoms with van der Waals surface area (Å²) in [6.45, 7) is 6.76. The molecule has 1 aliphatic rings. The Balaban J connectivity index is 1.84. The largest absolute Gasteiger partial charge is 0.459 e. The van der Waals surface area contributed by atoms with Gasteiger partial charge in [-0.05, 0) is 24.5 Å². The summed E-state index contributed by atoms with van der Waals surface area (Å²) in [4.78, 5) is 28.1. The van der Waals surface area contributed by atoms with E-state index in [1.165, 1.54) is 6.26 Å². The van der Waals surface area contributed by atoms with Crippen LogP contribution in [0.1, 0.15) is 30.8 Å². The third-order valence-electron chi connectivity index (χ3n) is 4.50. The van der Waals surface area contributed by atoms with Gasteiger partial charge in [0, 0.05) is 45.2 Å². The molecule has 1 saturated heterocycles. The predicted molar refractivity (Wildman–Crippen MR) is 89.6 cm³/mol. The molecule has 7 heteroatoms. The van der Waals surface area contributed by atoms with Gasteiger partial charge >= 0.3 is 6.03 Å². The van der Waals surface area contributed by atoms with E-state index in [-0.39, 0.29) is 24.5 Å². The molecule has 1 fully saturated rings. The number of aliphatic hydroxyl groups is 1. The maximum absolute atomic E-state index is 12.3. The first-order chi connectivity index (χ1) is 11.5. The molecule has 1 aromatic rings. The van der Waals surface area contributed by atoms with Gasteiger partial charge in [-0.15, -0.1) is 0 Å². The van der Waals surface area contributed by atoms with Crippen molar-refractivity contribution in [3.8, 4) is 0 Å². The number of hydrogen-bond acceptors (Lipinski definition) is 4. The third kappa shape index (κ3) is 4.74. The van der Waals surface area contributed by atoms with Gasteiger partial charge in [0.2, 0.25) is 0 Å². The van der Waals surface area contributed by atoms with Crippen LogP contribution in [0.4, 0.5) is 4.79 Å². The Morgan fingerprint density at radius 3 is 2.58 bits per heavy atom. The second-order valence-electron chi connectivity index (χ2n) is 6.48. The van der Waals surface area contributed by atoms with Crippen LogP contribution in [0, 0.1) is 11.8 Å². The van der Waals surface area contributed by atoms with Crippen molar-refractivity contribution >= 4 is 11.9 Å². The van der Waals surface area contributed by atoms with Crippen LogP contribution in [0.25, 0.3) is 0 Å². The fourth-order valence-electron chi connectivity index (χ4n) is 2.72. The molecule has 3 amide bonds. The van der Waals surface area contributed by atoms with Gasteiger partial charge in [0.25, 0.3) is 5.91 Å². The molecule has 24 heavy (non-hydrogen) atoms. The van der Waals surface area contributed by atoms with Crippen LogP contribution in [0.3, 0.4) is 0 Å². The highest BCUT2D eigenvalue weighted by Gasteiger charge is 2.24. The van der Waals surface area contributed by atoms with Gasteiger partial charge in [0.1, 0.15) is 0 Å². The van der Waals surface area contributed by atoms with E-state index in [0.29, 0.717) is 44.4 Å². The van der Waals surface area contributed by atoms with E-state index >= 15 is 0 Å². The van der Waals surface area contributed by atoms with Gasteiger partial charge in [0.05, 0.1) is 6.26 Å². The van der Waals surface area contributed by atoms with Gasteiger partial charge in [0.15, 0.2) is 5.76 Å².